The van der Waals surface area contributed by atoms with Gasteiger partial charge >= 0.3 is 0 Å². The van der Waals surface area contributed by atoms with Crippen LogP contribution < -0.4 is 0 Å². The zero-order valence-corrected chi connectivity index (χ0v) is 15.1. The molecule has 3 aromatic rings. The van der Waals surface area contributed by atoms with Crippen molar-refractivity contribution in [3.05, 3.63) is 70.6 Å². The van der Waals surface area contributed by atoms with Gasteiger partial charge in [-0.05, 0) is 61.8 Å². The van der Waals surface area contributed by atoms with Gasteiger partial charge in [0.15, 0.2) is 0 Å². The average molecular weight is 371 g/mol. The lowest BCUT2D eigenvalue weighted by atomic mass is 9.93. The summed E-state index contributed by atoms with van der Waals surface area (Å²) < 4.78 is 13.5. The van der Waals surface area contributed by atoms with E-state index in [4.69, 9.17) is 11.6 Å². The fourth-order valence-electron chi connectivity index (χ4n) is 3.82. The molecule has 26 heavy (non-hydrogen) atoms. The fourth-order valence-corrected chi connectivity index (χ4v) is 4.09. The highest BCUT2D eigenvalue weighted by Gasteiger charge is 2.28. The number of hydrogen-bond donors (Lipinski definition) is 1. The van der Waals surface area contributed by atoms with Crippen molar-refractivity contribution in [2.45, 2.75) is 25.3 Å². The summed E-state index contributed by atoms with van der Waals surface area (Å²) in [4.78, 5) is 6.65. The van der Waals surface area contributed by atoms with Crippen molar-refractivity contribution in [3.63, 3.8) is 0 Å². The lowest BCUT2D eigenvalue weighted by molar-refractivity contribution is 0.185. The van der Waals surface area contributed by atoms with Crippen LogP contribution in [0.4, 0.5) is 4.39 Å². The first-order chi connectivity index (χ1) is 12.6. The largest absolute Gasteiger partial charge is 0.505 e. The van der Waals surface area contributed by atoms with Gasteiger partial charge in [0.2, 0.25) is 0 Å². The predicted octanol–water partition coefficient (Wildman–Crippen LogP) is 5.31. The average Bonchev–Trinajstić information content (AvgIpc) is 2.68. The molecule has 0 saturated carbocycles. The molecule has 4 rings (SSSR count). The van der Waals surface area contributed by atoms with Crippen LogP contribution in [0.5, 0.6) is 5.75 Å². The number of fused-ring (bicyclic) bond motifs is 1. The SMILES string of the molecule is Oc1c([C@@H](c2ccc(F)cc2)N2CCCCC2)cc(Cl)c2cccnc12. The van der Waals surface area contributed by atoms with Crippen LogP contribution >= 0.6 is 11.6 Å². The highest BCUT2D eigenvalue weighted by atomic mass is 35.5. The number of phenolic OH excluding ortho intramolecular Hbond substituents is 1. The van der Waals surface area contributed by atoms with E-state index >= 15 is 0 Å². The molecule has 2 heterocycles. The number of rotatable bonds is 3. The molecule has 1 N–H and O–H groups in total. The Hall–Kier alpha value is -2.17. The van der Waals surface area contributed by atoms with Crippen molar-refractivity contribution in [3.8, 4) is 5.75 Å². The lowest BCUT2D eigenvalue weighted by Crippen LogP contribution is -2.34. The Labute approximate surface area is 157 Å². The van der Waals surface area contributed by atoms with Crippen molar-refractivity contribution in [1.29, 1.82) is 0 Å². The number of halogens is 2. The number of likely N-dealkylation sites (tertiary alicyclic amines) is 1. The Morgan fingerprint density at radius 3 is 2.54 bits per heavy atom. The van der Waals surface area contributed by atoms with Crippen molar-refractivity contribution < 1.29 is 9.50 Å². The summed E-state index contributed by atoms with van der Waals surface area (Å²) in [5, 5.41) is 12.3. The first-order valence-electron chi connectivity index (χ1n) is 8.91. The predicted molar refractivity (Wildman–Crippen MR) is 102 cm³/mol. The van der Waals surface area contributed by atoms with Gasteiger partial charge in [-0.25, -0.2) is 4.39 Å². The van der Waals surface area contributed by atoms with E-state index in [1.165, 1.54) is 18.6 Å². The van der Waals surface area contributed by atoms with E-state index in [9.17, 15) is 9.50 Å². The minimum absolute atomic E-state index is 0.143. The first kappa shape index (κ1) is 17.3. The number of nitrogens with zero attached hydrogens (tertiary/aromatic N) is 2. The highest BCUT2D eigenvalue weighted by molar-refractivity contribution is 6.35. The van der Waals surface area contributed by atoms with Gasteiger partial charge in [0.25, 0.3) is 0 Å². The molecule has 0 radical (unpaired) electrons. The Balaban J connectivity index is 1.89. The maximum absolute atomic E-state index is 13.5. The standard InChI is InChI=1S/C21H20ClFN2O/c22-18-13-17(21(26)19-16(18)5-4-10-24-19)20(25-11-2-1-3-12-25)14-6-8-15(23)9-7-14/h4-10,13,20,26H,1-3,11-12H2/t20-/m1/s1. The van der Waals surface area contributed by atoms with Crippen LogP contribution in [0.1, 0.15) is 36.4 Å². The molecular weight excluding hydrogens is 351 g/mol. The van der Waals surface area contributed by atoms with Crippen molar-refractivity contribution in [2.75, 3.05) is 13.1 Å². The summed E-state index contributed by atoms with van der Waals surface area (Å²) in [7, 11) is 0. The van der Waals surface area contributed by atoms with E-state index in [1.807, 2.05) is 12.1 Å². The summed E-state index contributed by atoms with van der Waals surface area (Å²) in [6.07, 6.45) is 5.07. The number of phenols is 1. The molecule has 0 amide bonds. The molecule has 3 nitrogen and oxygen atoms in total. The molecule has 1 aromatic heterocycles. The third-order valence-electron chi connectivity index (χ3n) is 5.08. The van der Waals surface area contributed by atoms with E-state index in [-0.39, 0.29) is 17.6 Å². The van der Waals surface area contributed by atoms with Crippen LogP contribution in [0.3, 0.4) is 0 Å². The summed E-state index contributed by atoms with van der Waals surface area (Å²) in [6.45, 7) is 1.86. The quantitative estimate of drug-likeness (QED) is 0.678. The molecule has 1 aliphatic rings. The third-order valence-corrected chi connectivity index (χ3v) is 5.39. The topological polar surface area (TPSA) is 36.4 Å². The number of aromatic hydroxyl groups is 1. The Bertz CT molecular complexity index is 923. The Kier molecular flexibility index (Phi) is 4.79. The molecule has 1 fully saturated rings. The van der Waals surface area contributed by atoms with Crippen LogP contribution in [-0.4, -0.2) is 28.1 Å². The molecule has 2 aromatic carbocycles. The van der Waals surface area contributed by atoms with Gasteiger partial charge in [-0.1, -0.05) is 30.2 Å². The first-order valence-corrected chi connectivity index (χ1v) is 9.28. The minimum Gasteiger partial charge on any atom is -0.505 e. The number of benzene rings is 2. The second-order valence-corrected chi connectivity index (χ2v) is 7.15. The van der Waals surface area contributed by atoms with E-state index in [0.29, 0.717) is 10.5 Å². The molecular formula is C21H20ClFN2O. The Morgan fingerprint density at radius 2 is 1.81 bits per heavy atom. The van der Waals surface area contributed by atoms with E-state index in [1.54, 1.807) is 24.4 Å². The van der Waals surface area contributed by atoms with Gasteiger partial charge in [-0.15, -0.1) is 0 Å². The zero-order valence-electron chi connectivity index (χ0n) is 14.3. The summed E-state index contributed by atoms with van der Waals surface area (Å²) >= 11 is 6.50. The molecule has 0 unspecified atom stereocenters. The molecule has 1 saturated heterocycles. The van der Waals surface area contributed by atoms with Crippen molar-refractivity contribution >= 4 is 22.5 Å². The van der Waals surface area contributed by atoms with Gasteiger partial charge in [0, 0.05) is 17.1 Å². The maximum Gasteiger partial charge on any atom is 0.147 e. The monoisotopic (exact) mass is 370 g/mol. The van der Waals surface area contributed by atoms with Crippen LogP contribution in [-0.2, 0) is 0 Å². The van der Waals surface area contributed by atoms with Gasteiger partial charge in [0.05, 0.1) is 11.1 Å². The fraction of sp³-hybridized carbons (Fsp3) is 0.286. The minimum atomic E-state index is -0.270. The molecule has 134 valence electrons. The smallest absolute Gasteiger partial charge is 0.147 e. The van der Waals surface area contributed by atoms with Crippen molar-refractivity contribution in [2.24, 2.45) is 0 Å². The van der Waals surface area contributed by atoms with Crippen LogP contribution in [0.15, 0.2) is 48.7 Å². The van der Waals surface area contributed by atoms with E-state index < -0.39 is 0 Å². The second kappa shape index (κ2) is 7.22. The summed E-state index contributed by atoms with van der Waals surface area (Å²) in [5.74, 6) is -0.126. The number of hydrogen-bond acceptors (Lipinski definition) is 3. The van der Waals surface area contributed by atoms with E-state index in [0.717, 1.165) is 42.4 Å². The summed E-state index contributed by atoms with van der Waals surface area (Å²) in [5.41, 5.74) is 2.16. The Morgan fingerprint density at radius 1 is 1.08 bits per heavy atom. The van der Waals surface area contributed by atoms with Crippen LogP contribution in [0, 0.1) is 5.82 Å². The van der Waals surface area contributed by atoms with Gasteiger partial charge < -0.3 is 5.11 Å². The third kappa shape index (κ3) is 3.15. The van der Waals surface area contributed by atoms with Crippen molar-refractivity contribution in [1.82, 2.24) is 9.88 Å². The molecule has 1 atom stereocenters. The van der Waals surface area contributed by atoms with Crippen LogP contribution in [0.2, 0.25) is 5.02 Å². The van der Waals surface area contributed by atoms with Gasteiger partial charge in [-0.2, -0.15) is 0 Å². The van der Waals surface area contributed by atoms with Gasteiger partial charge in [0.1, 0.15) is 17.1 Å². The molecule has 0 spiro atoms. The van der Waals surface area contributed by atoms with Gasteiger partial charge in [-0.3, -0.25) is 9.88 Å². The normalized spacial score (nSPS) is 16.7. The molecule has 0 bridgehead atoms. The second-order valence-electron chi connectivity index (χ2n) is 6.75. The zero-order chi connectivity index (χ0) is 18.1. The highest BCUT2D eigenvalue weighted by Crippen LogP contribution is 2.41. The number of aromatic nitrogens is 1. The molecule has 1 aliphatic heterocycles. The number of pyridine rings is 1. The van der Waals surface area contributed by atoms with E-state index in [2.05, 4.69) is 9.88 Å². The molecule has 0 aliphatic carbocycles. The van der Waals surface area contributed by atoms with Crippen LogP contribution in [0.25, 0.3) is 10.9 Å². The molecule has 5 heteroatoms. The summed E-state index contributed by atoms with van der Waals surface area (Å²) in [6, 6.07) is 11.8. The number of piperidine rings is 1. The maximum atomic E-state index is 13.5. The lowest BCUT2D eigenvalue weighted by Gasteiger charge is -2.35.